The number of carbonyl (C=O) groups excluding carboxylic acids is 1. The monoisotopic (exact) mass is 278 g/mol. The summed E-state index contributed by atoms with van der Waals surface area (Å²) in [6.07, 6.45) is 0. The molecule has 2 aromatic rings. The van der Waals surface area contributed by atoms with E-state index in [1.54, 1.807) is 6.92 Å². The van der Waals surface area contributed by atoms with Crippen LogP contribution in [0.25, 0.3) is 10.9 Å². The Balaban J connectivity index is 2.70. The van der Waals surface area contributed by atoms with Gasteiger partial charge in [0.25, 0.3) is 5.56 Å². The van der Waals surface area contributed by atoms with E-state index in [4.69, 9.17) is 10.8 Å². The van der Waals surface area contributed by atoms with Crippen LogP contribution in [0.1, 0.15) is 23.3 Å². The highest BCUT2D eigenvalue weighted by Gasteiger charge is 2.16. The van der Waals surface area contributed by atoms with Crippen molar-refractivity contribution in [2.24, 2.45) is 0 Å². The number of hydrogen-bond donors (Lipinski definition) is 2. The minimum absolute atomic E-state index is 0.123. The average Bonchev–Trinajstić information content (AvgIpc) is 2.46. The number of aromatic nitrogens is 3. The van der Waals surface area contributed by atoms with Gasteiger partial charge in [-0.25, -0.2) is 9.48 Å². The molecule has 1 heterocycles. The summed E-state index contributed by atoms with van der Waals surface area (Å²) in [5.41, 5.74) is 5.80. The number of nitrogens with zero attached hydrogens (tertiary/aromatic N) is 3. The van der Waals surface area contributed by atoms with Crippen LogP contribution in [0, 0.1) is 0 Å². The third-order valence-electron chi connectivity index (χ3n) is 2.94. The van der Waals surface area contributed by atoms with Gasteiger partial charge < -0.3 is 15.6 Å². The highest BCUT2D eigenvalue weighted by Crippen LogP contribution is 2.18. The van der Waals surface area contributed by atoms with Crippen molar-refractivity contribution in [2.45, 2.75) is 13.0 Å². The number of nitrogens with two attached hydrogens (primary N) is 1. The predicted octanol–water partition coefficient (Wildman–Crippen LogP) is -0.286. The molecule has 1 unspecified atom stereocenters. The molecule has 1 atom stereocenters. The molecular formula is C12H14N4O4. The molecule has 2 rings (SSSR count). The standard InChI is InChI=1S/C12H14N4O4/c1-6(5-17)16-11(18)8-3-9(13)7(12(19)20-2)4-10(8)14-15-16/h3-4,6,17H,5,13H2,1-2H3. The Kier molecular flexibility index (Phi) is 3.66. The molecule has 8 nitrogen and oxygen atoms in total. The average molecular weight is 278 g/mol. The normalized spacial score (nSPS) is 12.3. The van der Waals surface area contributed by atoms with Crippen molar-refractivity contribution in [2.75, 3.05) is 19.5 Å². The maximum Gasteiger partial charge on any atom is 0.340 e. The van der Waals surface area contributed by atoms with Crippen LogP contribution in [0.2, 0.25) is 0 Å². The second-order valence-electron chi connectivity index (χ2n) is 4.32. The van der Waals surface area contributed by atoms with Crippen molar-refractivity contribution < 1.29 is 14.6 Å². The summed E-state index contributed by atoms with van der Waals surface area (Å²) in [4.78, 5) is 23.7. The lowest BCUT2D eigenvalue weighted by Crippen LogP contribution is -2.29. The minimum atomic E-state index is -0.612. The predicted molar refractivity (Wildman–Crippen MR) is 71.3 cm³/mol. The fourth-order valence-electron chi connectivity index (χ4n) is 1.77. The molecule has 0 saturated heterocycles. The molecule has 0 aliphatic heterocycles. The number of carbonyl (C=O) groups is 1. The van der Waals surface area contributed by atoms with Gasteiger partial charge in [0, 0.05) is 5.69 Å². The fourth-order valence-corrected chi connectivity index (χ4v) is 1.77. The summed E-state index contributed by atoms with van der Waals surface area (Å²) in [5, 5.41) is 16.9. The van der Waals surface area contributed by atoms with Gasteiger partial charge in [-0.05, 0) is 19.1 Å². The summed E-state index contributed by atoms with van der Waals surface area (Å²) >= 11 is 0. The molecule has 0 saturated carbocycles. The van der Waals surface area contributed by atoms with Crippen LogP contribution in [0.4, 0.5) is 5.69 Å². The molecule has 0 aliphatic carbocycles. The van der Waals surface area contributed by atoms with E-state index in [1.807, 2.05) is 0 Å². The van der Waals surface area contributed by atoms with E-state index in [0.717, 1.165) is 4.68 Å². The topological polar surface area (TPSA) is 120 Å². The highest BCUT2D eigenvalue weighted by atomic mass is 16.5. The first-order chi connectivity index (χ1) is 9.49. The molecule has 106 valence electrons. The SMILES string of the molecule is COC(=O)c1cc2nnn(C(C)CO)c(=O)c2cc1N. The van der Waals surface area contributed by atoms with Gasteiger partial charge in [-0.3, -0.25) is 4.79 Å². The van der Waals surface area contributed by atoms with Crippen LogP contribution >= 0.6 is 0 Å². The summed E-state index contributed by atoms with van der Waals surface area (Å²) in [5.74, 6) is -0.612. The number of rotatable bonds is 3. The summed E-state index contributed by atoms with van der Waals surface area (Å²) < 4.78 is 5.66. The summed E-state index contributed by atoms with van der Waals surface area (Å²) in [6.45, 7) is 1.39. The highest BCUT2D eigenvalue weighted by molar-refractivity contribution is 5.99. The Morgan fingerprint density at radius 1 is 1.55 bits per heavy atom. The van der Waals surface area contributed by atoms with Crippen LogP contribution in [0.15, 0.2) is 16.9 Å². The Labute approximate surface area is 113 Å². The number of nitrogen functional groups attached to an aromatic ring is 1. The number of aliphatic hydroxyl groups is 1. The van der Waals surface area contributed by atoms with Crippen LogP contribution in [0.5, 0.6) is 0 Å². The van der Waals surface area contributed by atoms with Crippen molar-refractivity contribution in [1.82, 2.24) is 15.0 Å². The Bertz CT molecular complexity index is 725. The molecule has 0 amide bonds. The molecule has 8 heteroatoms. The molecule has 1 aromatic heterocycles. The van der Waals surface area contributed by atoms with Gasteiger partial charge in [-0.15, -0.1) is 5.10 Å². The zero-order valence-electron chi connectivity index (χ0n) is 11.0. The lowest BCUT2D eigenvalue weighted by atomic mass is 10.1. The number of hydrogen-bond acceptors (Lipinski definition) is 7. The van der Waals surface area contributed by atoms with E-state index in [-0.39, 0.29) is 28.8 Å². The lowest BCUT2D eigenvalue weighted by Gasteiger charge is -2.11. The van der Waals surface area contributed by atoms with Gasteiger partial charge in [-0.2, -0.15) is 0 Å². The summed E-state index contributed by atoms with van der Waals surface area (Å²) in [6, 6.07) is 2.22. The van der Waals surface area contributed by atoms with E-state index < -0.39 is 17.6 Å². The Morgan fingerprint density at radius 3 is 2.85 bits per heavy atom. The minimum Gasteiger partial charge on any atom is -0.465 e. The van der Waals surface area contributed by atoms with Crippen molar-refractivity contribution >= 4 is 22.6 Å². The molecule has 0 spiro atoms. The van der Waals surface area contributed by atoms with Crippen LogP contribution in [-0.4, -0.2) is 39.8 Å². The van der Waals surface area contributed by atoms with Crippen molar-refractivity contribution in [1.29, 1.82) is 0 Å². The largest absolute Gasteiger partial charge is 0.465 e. The van der Waals surface area contributed by atoms with Crippen molar-refractivity contribution in [3.8, 4) is 0 Å². The summed E-state index contributed by atoms with van der Waals surface area (Å²) in [7, 11) is 1.23. The number of esters is 1. The molecule has 1 aromatic carbocycles. The number of benzene rings is 1. The smallest absolute Gasteiger partial charge is 0.340 e. The third-order valence-corrected chi connectivity index (χ3v) is 2.94. The molecule has 0 fully saturated rings. The maximum absolute atomic E-state index is 12.2. The van der Waals surface area contributed by atoms with E-state index in [0.29, 0.717) is 0 Å². The Hall–Kier alpha value is -2.48. The lowest BCUT2D eigenvalue weighted by molar-refractivity contribution is 0.0602. The van der Waals surface area contributed by atoms with Gasteiger partial charge in [0.15, 0.2) is 0 Å². The van der Waals surface area contributed by atoms with Crippen LogP contribution in [-0.2, 0) is 4.74 Å². The first-order valence-corrected chi connectivity index (χ1v) is 5.87. The number of fused-ring (bicyclic) bond motifs is 1. The maximum atomic E-state index is 12.2. The molecule has 0 bridgehead atoms. The van der Waals surface area contributed by atoms with Gasteiger partial charge in [0.1, 0.15) is 5.52 Å². The number of anilines is 1. The second kappa shape index (κ2) is 5.25. The van der Waals surface area contributed by atoms with Gasteiger partial charge in [0.05, 0.1) is 30.7 Å². The third kappa shape index (κ3) is 2.21. The first kappa shape index (κ1) is 13.9. The zero-order valence-corrected chi connectivity index (χ0v) is 11.0. The Morgan fingerprint density at radius 2 is 2.25 bits per heavy atom. The van der Waals surface area contributed by atoms with Gasteiger partial charge >= 0.3 is 5.97 Å². The molecule has 0 radical (unpaired) electrons. The van der Waals surface area contributed by atoms with Crippen molar-refractivity contribution in [3.05, 3.63) is 28.0 Å². The van der Waals surface area contributed by atoms with Gasteiger partial charge in [-0.1, -0.05) is 5.21 Å². The zero-order chi connectivity index (χ0) is 14.9. The second-order valence-corrected chi connectivity index (χ2v) is 4.32. The number of aliphatic hydroxyl groups excluding tert-OH is 1. The number of methoxy groups -OCH3 is 1. The first-order valence-electron chi connectivity index (χ1n) is 5.87. The van der Waals surface area contributed by atoms with Gasteiger partial charge in [0.2, 0.25) is 0 Å². The van der Waals surface area contributed by atoms with E-state index in [1.165, 1.54) is 19.2 Å². The molecule has 3 N–H and O–H groups in total. The molecular weight excluding hydrogens is 264 g/mol. The molecule has 0 aliphatic rings. The van der Waals surface area contributed by atoms with Crippen LogP contribution < -0.4 is 11.3 Å². The fraction of sp³-hybridized carbons (Fsp3) is 0.333. The van der Waals surface area contributed by atoms with E-state index in [9.17, 15) is 9.59 Å². The van der Waals surface area contributed by atoms with Crippen molar-refractivity contribution in [3.63, 3.8) is 0 Å². The van der Waals surface area contributed by atoms with E-state index in [2.05, 4.69) is 15.0 Å². The number of ether oxygens (including phenoxy) is 1. The van der Waals surface area contributed by atoms with Crippen LogP contribution in [0.3, 0.4) is 0 Å². The quantitative estimate of drug-likeness (QED) is 0.584. The van der Waals surface area contributed by atoms with E-state index >= 15 is 0 Å². The molecule has 20 heavy (non-hydrogen) atoms.